The maximum absolute atomic E-state index is 14.3. The predicted octanol–water partition coefficient (Wildman–Crippen LogP) is 3.58. The molecule has 0 spiro atoms. The normalized spacial score (nSPS) is 19.1. The third kappa shape index (κ3) is 4.72. The van der Waals surface area contributed by atoms with Crippen LogP contribution in [0, 0.1) is 5.82 Å². The summed E-state index contributed by atoms with van der Waals surface area (Å²) in [5.74, 6) is 0.181. The van der Waals surface area contributed by atoms with Crippen LogP contribution < -0.4 is 10.6 Å². The first-order valence-corrected chi connectivity index (χ1v) is 12.0. The molecule has 172 valence electrons. The molecule has 1 unspecified atom stereocenters. The molecule has 4 heterocycles. The Kier molecular flexibility index (Phi) is 6.28. The highest BCUT2D eigenvalue weighted by Crippen LogP contribution is 2.43. The molecule has 1 amide bonds. The molecule has 0 bridgehead atoms. The molecule has 3 aromatic rings. The van der Waals surface area contributed by atoms with Gasteiger partial charge in [0, 0.05) is 31.3 Å². The van der Waals surface area contributed by atoms with Gasteiger partial charge in [0.15, 0.2) is 0 Å². The van der Waals surface area contributed by atoms with Crippen LogP contribution in [0.2, 0.25) is 0 Å². The molecule has 0 radical (unpaired) electrons. The molecule has 1 aliphatic heterocycles. The van der Waals surface area contributed by atoms with Gasteiger partial charge in [-0.25, -0.2) is 9.37 Å². The summed E-state index contributed by atoms with van der Waals surface area (Å²) in [6, 6.07) is 6.71. The van der Waals surface area contributed by atoms with Gasteiger partial charge < -0.3 is 15.4 Å². The number of thiazole rings is 1. The molecule has 2 N–H and O–H groups in total. The Morgan fingerprint density at radius 3 is 2.82 bits per heavy atom. The molecule has 3 aromatic heterocycles. The van der Waals surface area contributed by atoms with Crippen molar-refractivity contribution in [1.29, 1.82) is 0 Å². The maximum atomic E-state index is 14.3. The molecule has 2 fully saturated rings. The first-order chi connectivity index (χ1) is 16.1. The first kappa shape index (κ1) is 21.8. The van der Waals surface area contributed by atoms with E-state index in [0.29, 0.717) is 40.2 Å². The predicted molar refractivity (Wildman–Crippen MR) is 123 cm³/mol. The Labute approximate surface area is 195 Å². The number of hydrogen-bond acceptors (Lipinski definition) is 8. The quantitative estimate of drug-likeness (QED) is 0.521. The van der Waals surface area contributed by atoms with Gasteiger partial charge in [0.25, 0.3) is 5.91 Å². The van der Waals surface area contributed by atoms with Crippen LogP contribution in [0.4, 0.5) is 10.2 Å². The smallest absolute Gasteiger partial charge is 0.263 e. The highest BCUT2D eigenvalue weighted by Gasteiger charge is 2.41. The Bertz CT molecular complexity index is 1110. The van der Waals surface area contributed by atoms with E-state index in [-0.39, 0.29) is 23.2 Å². The van der Waals surface area contributed by atoms with E-state index in [1.165, 1.54) is 17.4 Å². The van der Waals surface area contributed by atoms with Crippen molar-refractivity contribution in [3.8, 4) is 10.7 Å². The third-order valence-corrected chi connectivity index (χ3v) is 7.33. The highest BCUT2D eigenvalue weighted by atomic mass is 32.1. The number of aromatic nitrogens is 4. The summed E-state index contributed by atoms with van der Waals surface area (Å²) >= 11 is 1.27. The van der Waals surface area contributed by atoms with E-state index >= 15 is 0 Å². The number of amides is 1. The van der Waals surface area contributed by atoms with Crippen molar-refractivity contribution >= 4 is 23.1 Å². The van der Waals surface area contributed by atoms with Gasteiger partial charge in [0.05, 0.1) is 18.0 Å². The molecule has 1 saturated heterocycles. The number of rotatable bonds is 8. The Balaban J connectivity index is 1.19. The summed E-state index contributed by atoms with van der Waals surface area (Å²) < 4.78 is 19.8. The van der Waals surface area contributed by atoms with Crippen molar-refractivity contribution in [2.24, 2.45) is 0 Å². The second kappa shape index (κ2) is 9.48. The number of anilines is 1. The van der Waals surface area contributed by atoms with Crippen molar-refractivity contribution in [2.75, 3.05) is 25.0 Å². The summed E-state index contributed by atoms with van der Waals surface area (Å²) in [6.07, 6.45) is 8.12. The lowest BCUT2D eigenvalue weighted by Gasteiger charge is -2.41. The summed E-state index contributed by atoms with van der Waals surface area (Å²) in [5, 5.41) is 15.3. The van der Waals surface area contributed by atoms with E-state index in [4.69, 9.17) is 4.74 Å². The fraction of sp³-hybridized carbons (Fsp3) is 0.435. The molecule has 5 rings (SSSR count). The number of carbonyl (C=O) groups is 1. The van der Waals surface area contributed by atoms with Crippen molar-refractivity contribution in [3.63, 3.8) is 0 Å². The van der Waals surface area contributed by atoms with E-state index in [1.807, 2.05) is 12.1 Å². The fourth-order valence-electron chi connectivity index (χ4n) is 4.27. The number of carbonyl (C=O) groups excluding carboxylic acids is 1. The number of pyridine rings is 1. The zero-order valence-electron chi connectivity index (χ0n) is 18.1. The van der Waals surface area contributed by atoms with Crippen molar-refractivity contribution in [1.82, 2.24) is 25.5 Å². The van der Waals surface area contributed by atoms with Crippen LogP contribution in [0.15, 0.2) is 36.7 Å². The van der Waals surface area contributed by atoms with Gasteiger partial charge in [0.1, 0.15) is 27.2 Å². The number of halogens is 1. The molecule has 0 aromatic carbocycles. The minimum Gasteiger partial charge on any atom is -0.376 e. The summed E-state index contributed by atoms with van der Waals surface area (Å²) in [5.41, 5.74) is 0.798. The molecular formula is C23H25FN6O2S. The van der Waals surface area contributed by atoms with Crippen LogP contribution in [-0.4, -0.2) is 51.9 Å². The largest absolute Gasteiger partial charge is 0.376 e. The number of nitrogens with zero attached hydrogens (tertiary/aromatic N) is 4. The molecule has 1 saturated carbocycles. The highest BCUT2D eigenvalue weighted by molar-refractivity contribution is 7.16. The molecule has 1 aliphatic carbocycles. The average Bonchev–Trinajstić information content (AvgIpc) is 3.51. The van der Waals surface area contributed by atoms with Crippen LogP contribution >= 0.6 is 11.3 Å². The molecular weight excluding hydrogens is 443 g/mol. The van der Waals surface area contributed by atoms with Crippen LogP contribution in [0.1, 0.15) is 47.5 Å². The van der Waals surface area contributed by atoms with Gasteiger partial charge in [-0.2, -0.15) is 0 Å². The van der Waals surface area contributed by atoms with Crippen molar-refractivity contribution in [3.05, 3.63) is 53.0 Å². The van der Waals surface area contributed by atoms with Gasteiger partial charge in [-0.1, -0.05) is 6.42 Å². The van der Waals surface area contributed by atoms with Crippen LogP contribution in [0.5, 0.6) is 0 Å². The molecule has 8 nitrogen and oxygen atoms in total. The average molecular weight is 469 g/mol. The minimum atomic E-state index is -0.313. The van der Waals surface area contributed by atoms with E-state index in [0.717, 1.165) is 38.7 Å². The van der Waals surface area contributed by atoms with Crippen molar-refractivity contribution < 1.29 is 13.9 Å². The second-order valence-electron chi connectivity index (χ2n) is 8.50. The zero-order chi connectivity index (χ0) is 22.7. The fourth-order valence-corrected chi connectivity index (χ4v) is 5.07. The number of ether oxygens (including phenoxy) is 1. The van der Waals surface area contributed by atoms with Crippen LogP contribution in [-0.2, 0) is 10.2 Å². The summed E-state index contributed by atoms with van der Waals surface area (Å²) in [4.78, 5) is 21.5. The molecule has 33 heavy (non-hydrogen) atoms. The third-order valence-electron chi connectivity index (χ3n) is 6.31. The van der Waals surface area contributed by atoms with Crippen LogP contribution in [0.3, 0.4) is 0 Å². The van der Waals surface area contributed by atoms with E-state index in [2.05, 4.69) is 30.8 Å². The molecule has 1 atom stereocenters. The van der Waals surface area contributed by atoms with Gasteiger partial charge in [-0.05, 0) is 49.9 Å². The Morgan fingerprint density at radius 1 is 1.21 bits per heavy atom. The van der Waals surface area contributed by atoms with Gasteiger partial charge in [-0.3, -0.25) is 9.78 Å². The van der Waals surface area contributed by atoms with Gasteiger partial charge >= 0.3 is 0 Å². The van der Waals surface area contributed by atoms with Crippen molar-refractivity contribution in [2.45, 2.75) is 43.6 Å². The molecule has 10 heteroatoms. The Hall–Kier alpha value is -2.98. The zero-order valence-corrected chi connectivity index (χ0v) is 18.9. The first-order valence-electron chi connectivity index (χ1n) is 11.2. The SMILES string of the molecule is O=C(NCC1CCCO1)c1cnc(-c2ccc(NCC3(c4ncccc4F)CCC3)nn2)s1. The monoisotopic (exact) mass is 468 g/mol. The topological polar surface area (TPSA) is 102 Å². The number of nitrogens with one attached hydrogen (secondary N) is 2. The summed E-state index contributed by atoms with van der Waals surface area (Å²) in [7, 11) is 0. The number of hydrogen-bond donors (Lipinski definition) is 2. The van der Waals surface area contributed by atoms with Crippen LogP contribution in [0.25, 0.3) is 10.7 Å². The second-order valence-corrected chi connectivity index (χ2v) is 9.53. The lowest BCUT2D eigenvalue weighted by atomic mass is 9.66. The minimum absolute atomic E-state index is 0.0977. The van der Waals surface area contributed by atoms with Gasteiger partial charge in [-0.15, -0.1) is 21.5 Å². The van der Waals surface area contributed by atoms with E-state index in [9.17, 15) is 9.18 Å². The van der Waals surface area contributed by atoms with Gasteiger partial charge in [0.2, 0.25) is 0 Å². The molecule has 2 aliphatic rings. The lowest BCUT2D eigenvalue weighted by molar-refractivity contribution is 0.0861. The summed E-state index contributed by atoms with van der Waals surface area (Å²) in [6.45, 7) is 1.81. The van der Waals surface area contributed by atoms with E-state index in [1.54, 1.807) is 18.5 Å². The maximum Gasteiger partial charge on any atom is 0.263 e. The van der Waals surface area contributed by atoms with E-state index < -0.39 is 0 Å². The standard InChI is InChI=1S/C23H25FN6O2S/c24-16-5-1-10-25-20(16)23(8-3-9-23)14-28-19-7-6-17(29-30-19)22-27-13-18(33-22)21(31)26-12-15-4-2-11-32-15/h1,5-7,10,13,15H,2-4,8-9,11-12,14H2,(H,26,31)(H,28,30). The lowest BCUT2D eigenvalue weighted by Crippen LogP contribution is -2.42. The Morgan fingerprint density at radius 2 is 2.12 bits per heavy atom.